The molecule has 2 aromatic rings. The topological polar surface area (TPSA) is 93.2 Å². The molecule has 23 heavy (non-hydrogen) atoms. The number of fused-ring (bicyclic) bond motifs is 2. The minimum Gasteiger partial charge on any atom is -0.376 e. The lowest BCUT2D eigenvalue weighted by Gasteiger charge is -2.47. The zero-order valence-corrected chi connectivity index (χ0v) is 14.4. The Labute approximate surface area is 138 Å². The van der Waals surface area contributed by atoms with E-state index in [-0.39, 0.29) is 18.2 Å². The third-order valence-electron chi connectivity index (χ3n) is 4.45. The Kier molecular flexibility index (Phi) is 3.56. The first-order valence-corrected chi connectivity index (χ1v) is 10.3. The Morgan fingerprint density at radius 2 is 2.17 bits per heavy atom. The average Bonchev–Trinajstić information content (AvgIpc) is 3.07. The van der Waals surface area contributed by atoms with Crippen molar-refractivity contribution in [2.75, 3.05) is 18.2 Å². The second-order valence-corrected chi connectivity index (χ2v) is 8.82. The van der Waals surface area contributed by atoms with Crippen LogP contribution in [0.15, 0.2) is 11.4 Å². The van der Waals surface area contributed by atoms with Crippen LogP contribution in [0.1, 0.15) is 12.2 Å². The Hall–Kier alpha value is -1.29. The van der Waals surface area contributed by atoms with Gasteiger partial charge < -0.3 is 10.1 Å². The number of sulfonamides is 1. The van der Waals surface area contributed by atoms with E-state index in [0.29, 0.717) is 18.3 Å². The van der Waals surface area contributed by atoms with Crippen LogP contribution in [0.4, 0.5) is 5.82 Å². The molecule has 1 aliphatic carbocycles. The number of nitrogens with zero attached hydrogens (tertiary/aromatic N) is 2. The Morgan fingerprint density at radius 1 is 1.35 bits per heavy atom. The van der Waals surface area contributed by atoms with Gasteiger partial charge in [0.1, 0.15) is 11.6 Å². The molecule has 2 aliphatic rings. The van der Waals surface area contributed by atoms with Crippen LogP contribution in [0.25, 0.3) is 10.2 Å². The molecule has 0 aromatic carbocycles. The molecule has 2 fully saturated rings. The minimum atomic E-state index is -3.29. The monoisotopic (exact) mass is 354 g/mol. The quantitative estimate of drug-likeness (QED) is 0.855. The van der Waals surface area contributed by atoms with Gasteiger partial charge in [-0.2, -0.15) is 0 Å². The fourth-order valence-electron chi connectivity index (χ4n) is 3.53. The number of ether oxygens (including phenoxy) is 1. The van der Waals surface area contributed by atoms with E-state index in [4.69, 9.17) is 4.74 Å². The Morgan fingerprint density at radius 3 is 2.96 bits per heavy atom. The highest BCUT2D eigenvalue weighted by molar-refractivity contribution is 7.88. The van der Waals surface area contributed by atoms with Crippen molar-refractivity contribution >= 4 is 37.4 Å². The molecule has 1 saturated carbocycles. The number of thiophene rings is 1. The number of aromatic nitrogens is 2. The van der Waals surface area contributed by atoms with Crippen LogP contribution in [0, 0.1) is 12.8 Å². The van der Waals surface area contributed by atoms with Crippen molar-refractivity contribution in [2.24, 2.45) is 5.92 Å². The number of hydrogen-bond acceptors (Lipinski definition) is 7. The lowest BCUT2D eigenvalue weighted by molar-refractivity contribution is -0.00314. The Balaban J connectivity index is 1.64. The van der Waals surface area contributed by atoms with Crippen molar-refractivity contribution in [3.8, 4) is 0 Å². The van der Waals surface area contributed by atoms with Crippen LogP contribution in [-0.4, -0.2) is 49.4 Å². The van der Waals surface area contributed by atoms with Crippen molar-refractivity contribution < 1.29 is 13.2 Å². The van der Waals surface area contributed by atoms with Crippen LogP contribution >= 0.6 is 11.3 Å². The molecule has 1 saturated heterocycles. The van der Waals surface area contributed by atoms with Gasteiger partial charge in [0, 0.05) is 12.5 Å². The molecule has 7 nitrogen and oxygen atoms in total. The molecular formula is C14H18N4O3S2. The molecule has 3 heterocycles. The maximum atomic E-state index is 11.6. The van der Waals surface area contributed by atoms with Crippen molar-refractivity contribution in [2.45, 2.75) is 31.5 Å². The summed E-state index contributed by atoms with van der Waals surface area (Å²) in [6.07, 6.45) is 2.06. The zero-order valence-electron chi connectivity index (χ0n) is 12.8. The standard InChI is InChI=1S/C14H18N4O3S2/c1-7-15-9-4-6-22-13(9)14(16-7)17-10-8-3-5-21-12(8)11(10)18-23(2,19)20/h4,6,8,10-12,18H,3,5H2,1-2H3,(H,15,16,17)/t8-,10+,11-,12-/m0/s1. The maximum Gasteiger partial charge on any atom is 0.209 e. The smallest absolute Gasteiger partial charge is 0.209 e. The molecule has 0 unspecified atom stereocenters. The summed E-state index contributed by atoms with van der Waals surface area (Å²) in [6.45, 7) is 2.53. The first kappa shape index (κ1) is 15.3. The number of nitrogens with one attached hydrogen (secondary N) is 2. The molecule has 2 N–H and O–H groups in total. The molecule has 4 rings (SSSR count). The van der Waals surface area contributed by atoms with Crippen LogP contribution in [0.3, 0.4) is 0 Å². The lowest BCUT2D eigenvalue weighted by Crippen LogP contribution is -2.68. The summed E-state index contributed by atoms with van der Waals surface area (Å²) in [4.78, 5) is 8.93. The van der Waals surface area contributed by atoms with Gasteiger partial charge in [0.05, 0.1) is 34.7 Å². The highest BCUT2D eigenvalue weighted by Gasteiger charge is 2.55. The summed E-state index contributed by atoms with van der Waals surface area (Å²) in [5, 5.41) is 5.43. The predicted octanol–water partition coefficient (Wildman–Crippen LogP) is 1.12. The lowest BCUT2D eigenvalue weighted by atomic mass is 9.72. The van der Waals surface area contributed by atoms with E-state index in [1.807, 2.05) is 18.4 Å². The van der Waals surface area contributed by atoms with Crippen LogP contribution in [0.5, 0.6) is 0 Å². The third-order valence-corrected chi connectivity index (χ3v) is 6.07. The summed E-state index contributed by atoms with van der Waals surface area (Å²) in [6, 6.07) is 1.69. The molecular weight excluding hydrogens is 336 g/mol. The summed E-state index contributed by atoms with van der Waals surface area (Å²) in [5.74, 6) is 1.78. The molecule has 0 amide bonds. The van der Waals surface area contributed by atoms with Crippen molar-refractivity contribution in [3.05, 3.63) is 17.3 Å². The number of aryl methyl sites for hydroxylation is 1. The van der Waals surface area contributed by atoms with Gasteiger partial charge in [0.25, 0.3) is 0 Å². The van der Waals surface area contributed by atoms with Crippen LogP contribution < -0.4 is 10.0 Å². The van der Waals surface area contributed by atoms with E-state index in [1.54, 1.807) is 11.3 Å². The fourth-order valence-corrected chi connectivity index (χ4v) is 5.09. The second-order valence-electron chi connectivity index (χ2n) is 6.13. The molecule has 1 aliphatic heterocycles. The van der Waals surface area contributed by atoms with Gasteiger partial charge in [-0.05, 0) is 24.8 Å². The van der Waals surface area contributed by atoms with Crippen molar-refractivity contribution in [1.29, 1.82) is 0 Å². The predicted molar refractivity (Wildman–Crippen MR) is 89.2 cm³/mol. The van der Waals surface area contributed by atoms with Crippen LogP contribution in [0.2, 0.25) is 0 Å². The second kappa shape index (κ2) is 5.37. The molecule has 0 bridgehead atoms. The van der Waals surface area contributed by atoms with E-state index in [1.165, 1.54) is 6.26 Å². The molecule has 124 valence electrons. The summed E-state index contributed by atoms with van der Waals surface area (Å²) < 4.78 is 32.6. The molecule has 0 spiro atoms. The number of anilines is 1. The molecule has 4 atom stereocenters. The van der Waals surface area contributed by atoms with Gasteiger partial charge in [0.2, 0.25) is 10.0 Å². The Bertz CT molecular complexity index is 851. The van der Waals surface area contributed by atoms with Gasteiger partial charge >= 0.3 is 0 Å². The largest absolute Gasteiger partial charge is 0.376 e. The minimum absolute atomic E-state index is 0.0168. The summed E-state index contributed by atoms with van der Waals surface area (Å²) >= 11 is 1.58. The molecule has 0 radical (unpaired) electrons. The van der Waals surface area contributed by atoms with E-state index >= 15 is 0 Å². The third kappa shape index (κ3) is 2.71. The van der Waals surface area contributed by atoms with Gasteiger partial charge in [-0.25, -0.2) is 23.1 Å². The average molecular weight is 354 g/mol. The first-order chi connectivity index (χ1) is 10.9. The fraction of sp³-hybridized carbons (Fsp3) is 0.571. The van der Waals surface area contributed by atoms with Crippen molar-refractivity contribution in [3.63, 3.8) is 0 Å². The SMILES string of the molecule is Cc1nc(N[C@@H]2[C@@H]3CCO[C@@H]3[C@H]2NS(C)(=O)=O)c2sccc2n1. The van der Waals surface area contributed by atoms with Gasteiger partial charge in [-0.3, -0.25) is 0 Å². The van der Waals surface area contributed by atoms with Crippen molar-refractivity contribution in [1.82, 2.24) is 14.7 Å². The number of hydrogen-bond donors (Lipinski definition) is 2. The molecule has 2 aromatic heterocycles. The van der Waals surface area contributed by atoms with E-state index < -0.39 is 10.0 Å². The van der Waals surface area contributed by atoms with E-state index in [2.05, 4.69) is 20.0 Å². The summed E-state index contributed by atoms with van der Waals surface area (Å²) in [7, 11) is -3.29. The molecule has 9 heteroatoms. The first-order valence-electron chi connectivity index (χ1n) is 7.50. The summed E-state index contributed by atoms with van der Waals surface area (Å²) in [5.41, 5.74) is 0.913. The number of rotatable bonds is 4. The zero-order chi connectivity index (χ0) is 16.2. The van der Waals surface area contributed by atoms with Crippen LogP contribution in [-0.2, 0) is 14.8 Å². The van der Waals surface area contributed by atoms with E-state index in [9.17, 15) is 8.42 Å². The highest BCUT2D eigenvalue weighted by Crippen LogP contribution is 2.41. The van der Waals surface area contributed by atoms with E-state index in [0.717, 1.165) is 22.5 Å². The highest BCUT2D eigenvalue weighted by atomic mass is 32.2. The normalized spacial score (nSPS) is 30.2. The van der Waals surface area contributed by atoms with Gasteiger partial charge in [-0.1, -0.05) is 0 Å². The van der Waals surface area contributed by atoms with Gasteiger partial charge in [-0.15, -0.1) is 11.3 Å². The maximum absolute atomic E-state index is 11.6. The van der Waals surface area contributed by atoms with Gasteiger partial charge in [0.15, 0.2) is 0 Å².